The van der Waals surface area contributed by atoms with E-state index in [1.54, 1.807) is 0 Å². The number of rotatable bonds is 5. The molecule has 2 N–H and O–H groups in total. The number of halogens is 2. The summed E-state index contributed by atoms with van der Waals surface area (Å²) in [7, 11) is 0. The summed E-state index contributed by atoms with van der Waals surface area (Å²) in [6.45, 7) is -0.590. The van der Waals surface area contributed by atoms with Gasteiger partial charge < -0.3 is 10.6 Å². The predicted octanol–water partition coefficient (Wildman–Crippen LogP) is 3.30. The van der Waals surface area contributed by atoms with Crippen molar-refractivity contribution in [2.75, 3.05) is 18.5 Å². The third-order valence-electron chi connectivity index (χ3n) is 5.95. The number of alkyl halides is 1. The predicted molar refractivity (Wildman–Crippen MR) is 96.5 cm³/mol. The van der Waals surface area contributed by atoms with E-state index >= 15 is 0 Å². The SMILES string of the molecule is O=C(NCCF)[C@H]1[C@H](C(=O)Nc2ccc(Br)cc2)[C@H]2C=C[C@H]1C21CC1. The van der Waals surface area contributed by atoms with Gasteiger partial charge in [0.25, 0.3) is 0 Å². The Kier molecular flexibility index (Phi) is 4.18. The molecule has 0 radical (unpaired) electrons. The molecule has 1 aromatic carbocycles. The van der Waals surface area contributed by atoms with Crippen LogP contribution in [0.15, 0.2) is 40.9 Å². The van der Waals surface area contributed by atoms with E-state index in [2.05, 4.69) is 38.7 Å². The maximum atomic E-state index is 13.0. The topological polar surface area (TPSA) is 58.2 Å². The van der Waals surface area contributed by atoms with Gasteiger partial charge in [-0.1, -0.05) is 28.1 Å². The fourth-order valence-corrected chi connectivity index (χ4v) is 5.02. The van der Waals surface area contributed by atoms with E-state index in [9.17, 15) is 14.0 Å². The Balaban J connectivity index is 1.57. The van der Waals surface area contributed by atoms with Crippen LogP contribution in [-0.4, -0.2) is 25.0 Å². The van der Waals surface area contributed by atoms with Crippen LogP contribution in [0.1, 0.15) is 12.8 Å². The molecule has 0 unspecified atom stereocenters. The first-order valence-corrected chi connectivity index (χ1v) is 9.44. The minimum atomic E-state index is -0.594. The molecule has 0 heterocycles. The molecule has 25 heavy (non-hydrogen) atoms. The van der Waals surface area contributed by atoms with Gasteiger partial charge in [0.2, 0.25) is 11.8 Å². The van der Waals surface area contributed by atoms with Crippen LogP contribution in [0.5, 0.6) is 0 Å². The summed E-state index contributed by atoms with van der Waals surface area (Å²) in [5.74, 6) is -0.908. The lowest BCUT2D eigenvalue weighted by molar-refractivity contribution is -0.132. The number of carbonyl (C=O) groups is 2. The lowest BCUT2D eigenvalue weighted by atomic mass is 9.81. The fourth-order valence-electron chi connectivity index (χ4n) is 4.76. The van der Waals surface area contributed by atoms with Crippen LogP contribution in [0.25, 0.3) is 0 Å². The second-order valence-electron chi connectivity index (χ2n) is 7.20. The van der Waals surface area contributed by atoms with Gasteiger partial charge in [0.15, 0.2) is 0 Å². The number of hydrogen-bond acceptors (Lipinski definition) is 2. The highest BCUT2D eigenvalue weighted by Crippen LogP contribution is 2.72. The monoisotopic (exact) mass is 406 g/mol. The van der Waals surface area contributed by atoms with Crippen LogP contribution in [0, 0.1) is 29.1 Å². The molecule has 2 amide bonds. The molecule has 2 bridgehead atoms. The zero-order chi connectivity index (χ0) is 17.6. The Morgan fingerprint density at radius 3 is 2.24 bits per heavy atom. The molecule has 0 saturated heterocycles. The minimum Gasteiger partial charge on any atom is -0.353 e. The van der Waals surface area contributed by atoms with Gasteiger partial charge in [-0.2, -0.15) is 0 Å². The van der Waals surface area contributed by atoms with Crippen molar-refractivity contribution in [2.24, 2.45) is 29.1 Å². The molecule has 1 spiro atoms. The quantitative estimate of drug-likeness (QED) is 0.736. The van der Waals surface area contributed by atoms with Crippen molar-refractivity contribution in [1.82, 2.24) is 5.32 Å². The van der Waals surface area contributed by atoms with E-state index in [0.717, 1.165) is 17.3 Å². The Labute approximate surface area is 154 Å². The second-order valence-corrected chi connectivity index (χ2v) is 8.11. The standard InChI is InChI=1S/C19H20BrFN2O2/c20-11-1-3-12(4-2-11)23-18(25)16-14-6-5-13(19(14)7-8-19)15(16)17(24)22-10-9-21/h1-6,13-16H,7-10H2,(H,22,24)(H,23,25)/t13-,14-,15-,16-/m1/s1. The van der Waals surface area contributed by atoms with Gasteiger partial charge in [-0.05, 0) is 54.4 Å². The molecule has 2 fully saturated rings. The van der Waals surface area contributed by atoms with Gasteiger partial charge >= 0.3 is 0 Å². The normalized spacial score (nSPS) is 30.5. The second kappa shape index (κ2) is 6.24. The van der Waals surface area contributed by atoms with Gasteiger partial charge in [-0.15, -0.1) is 0 Å². The highest BCUT2D eigenvalue weighted by molar-refractivity contribution is 9.10. The lowest BCUT2D eigenvalue weighted by Crippen LogP contribution is -2.42. The smallest absolute Gasteiger partial charge is 0.228 e. The Bertz CT molecular complexity index is 729. The Hall–Kier alpha value is -1.69. The summed E-state index contributed by atoms with van der Waals surface area (Å²) in [4.78, 5) is 25.6. The average molecular weight is 407 g/mol. The minimum absolute atomic E-state index is 0.00445. The van der Waals surface area contributed by atoms with Crippen LogP contribution in [0.4, 0.5) is 10.1 Å². The van der Waals surface area contributed by atoms with E-state index < -0.39 is 12.6 Å². The highest BCUT2D eigenvalue weighted by Gasteiger charge is 2.69. The highest BCUT2D eigenvalue weighted by atomic mass is 79.9. The van der Waals surface area contributed by atoms with Gasteiger partial charge in [0, 0.05) is 16.7 Å². The molecular formula is C19H20BrFN2O2. The molecular weight excluding hydrogens is 387 g/mol. The summed E-state index contributed by atoms with van der Waals surface area (Å²) in [6.07, 6.45) is 6.33. The van der Waals surface area contributed by atoms with Gasteiger partial charge in [-0.3, -0.25) is 9.59 Å². The molecule has 4 nitrogen and oxygen atoms in total. The van der Waals surface area contributed by atoms with Crippen molar-refractivity contribution < 1.29 is 14.0 Å². The summed E-state index contributed by atoms with van der Waals surface area (Å²) >= 11 is 3.37. The van der Waals surface area contributed by atoms with Crippen molar-refractivity contribution in [3.63, 3.8) is 0 Å². The summed E-state index contributed by atoms with van der Waals surface area (Å²) < 4.78 is 13.4. The molecule has 4 rings (SSSR count). The van der Waals surface area contributed by atoms with Crippen LogP contribution >= 0.6 is 15.9 Å². The Morgan fingerprint density at radius 1 is 1.08 bits per heavy atom. The third-order valence-corrected chi connectivity index (χ3v) is 6.48. The maximum Gasteiger partial charge on any atom is 0.228 e. The van der Waals surface area contributed by atoms with Crippen LogP contribution in [0.2, 0.25) is 0 Å². The van der Waals surface area contributed by atoms with Crippen LogP contribution < -0.4 is 10.6 Å². The number of anilines is 1. The zero-order valence-electron chi connectivity index (χ0n) is 13.7. The van der Waals surface area contributed by atoms with Crippen molar-refractivity contribution in [3.8, 4) is 0 Å². The van der Waals surface area contributed by atoms with Crippen molar-refractivity contribution in [1.29, 1.82) is 0 Å². The van der Waals surface area contributed by atoms with Gasteiger partial charge in [0.05, 0.1) is 11.8 Å². The largest absolute Gasteiger partial charge is 0.353 e. The molecule has 132 valence electrons. The molecule has 0 aromatic heterocycles. The number of amides is 2. The zero-order valence-corrected chi connectivity index (χ0v) is 15.3. The fraction of sp³-hybridized carbons (Fsp3) is 0.474. The van der Waals surface area contributed by atoms with Crippen LogP contribution in [0.3, 0.4) is 0 Å². The molecule has 4 atom stereocenters. The first kappa shape index (κ1) is 16.8. The number of carbonyl (C=O) groups excluding carboxylic acids is 2. The van der Waals surface area contributed by atoms with E-state index in [1.165, 1.54) is 0 Å². The van der Waals surface area contributed by atoms with Crippen molar-refractivity contribution in [2.45, 2.75) is 12.8 Å². The maximum absolute atomic E-state index is 13.0. The first-order chi connectivity index (χ1) is 12.1. The van der Waals surface area contributed by atoms with E-state index in [0.29, 0.717) is 5.69 Å². The van der Waals surface area contributed by atoms with Gasteiger partial charge in [-0.25, -0.2) is 4.39 Å². The molecule has 1 aromatic rings. The number of allylic oxidation sites excluding steroid dienone is 2. The number of benzene rings is 1. The molecule has 0 aliphatic heterocycles. The Morgan fingerprint density at radius 2 is 1.68 bits per heavy atom. The van der Waals surface area contributed by atoms with Crippen LogP contribution in [-0.2, 0) is 9.59 Å². The summed E-state index contributed by atoms with van der Waals surface area (Å²) in [5, 5.41) is 5.60. The summed E-state index contributed by atoms with van der Waals surface area (Å²) in [5.41, 5.74) is 0.798. The number of nitrogens with one attached hydrogen (secondary N) is 2. The average Bonchev–Trinajstić information content (AvgIpc) is 3.27. The van der Waals surface area contributed by atoms with E-state index in [4.69, 9.17) is 0 Å². The molecule has 2 saturated carbocycles. The van der Waals surface area contributed by atoms with E-state index in [-0.39, 0.29) is 41.5 Å². The van der Waals surface area contributed by atoms with Crippen molar-refractivity contribution in [3.05, 3.63) is 40.9 Å². The van der Waals surface area contributed by atoms with E-state index in [1.807, 2.05) is 24.3 Å². The van der Waals surface area contributed by atoms with Crippen molar-refractivity contribution >= 4 is 33.4 Å². The number of hydrogen-bond donors (Lipinski definition) is 2. The first-order valence-electron chi connectivity index (χ1n) is 8.65. The molecule has 6 heteroatoms. The lowest BCUT2D eigenvalue weighted by Gasteiger charge is -2.26. The summed E-state index contributed by atoms with van der Waals surface area (Å²) in [6, 6.07) is 7.39. The van der Waals surface area contributed by atoms with Gasteiger partial charge in [0.1, 0.15) is 6.67 Å². The molecule has 3 aliphatic rings. The third kappa shape index (κ3) is 2.71. The molecule has 3 aliphatic carbocycles.